The van der Waals surface area contributed by atoms with Gasteiger partial charge in [-0.25, -0.2) is 0 Å². The Balaban J connectivity index is 1.82. The van der Waals surface area contributed by atoms with Gasteiger partial charge < -0.3 is 9.47 Å². The fraction of sp³-hybridized carbons (Fsp3) is 0.533. The van der Waals surface area contributed by atoms with E-state index in [0.29, 0.717) is 19.1 Å². The van der Waals surface area contributed by atoms with E-state index >= 15 is 0 Å². The fourth-order valence-electron chi connectivity index (χ4n) is 2.07. The minimum absolute atomic E-state index is 0.0336. The lowest BCUT2D eigenvalue weighted by Gasteiger charge is -2.25. The second-order valence-corrected chi connectivity index (χ2v) is 4.72. The van der Waals surface area contributed by atoms with Gasteiger partial charge in [-0.3, -0.25) is 4.79 Å². The second-order valence-electron chi connectivity index (χ2n) is 4.72. The first kappa shape index (κ1) is 13.2. The maximum absolute atomic E-state index is 11.8. The van der Waals surface area contributed by atoms with Crippen molar-refractivity contribution in [3.63, 3.8) is 0 Å². The monoisotopic (exact) mass is 248 g/mol. The quantitative estimate of drug-likeness (QED) is 0.550. The molecule has 0 atom stereocenters. The van der Waals surface area contributed by atoms with Gasteiger partial charge in [-0.1, -0.05) is 30.7 Å². The largest absolute Gasteiger partial charge is 0.382 e. The molecule has 0 aliphatic heterocycles. The van der Waals surface area contributed by atoms with Crippen LogP contribution in [0.1, 0.15) is 41.1 Å². The van der Waals surface area contributed by atoms with Gasteiger partial charge in [-0.15, -0.1) is 0 Å². The van der Waals surface area contributed by atoms with Crippen LogP contribution in [0.3, 0.4) is 0 Å². The third-order valence-corrected chi connectivity index (χ3v) is 3.47. The molecule has 0 aromatic heterocycles. The van der Waals surface area contributed by atoms with E-state index in [9.17, 15) is 4.79 Å². The Morgan fingerprint density at radius 3 is 2.50 bits per heavy atom. The zero-order valence-corrected chi connectivity index (χ0v) is 10.9. The zero-order valence-electron chi connectivity index (χ0n) is 10.9. The predicted molar refractivity (Wildman–Crippen MR) is 70.1 cm³/mol. The molecule has 0 radical (unpaired) electrons. The van der Waals surface area contributed by atoms with Crippen molar-refractivity contribution in [3.05, 3.63) is 35.4 Å². The Hall–Kier alpha value is -1.19. The average molecular weight is 248 g/mol. The van der Waals surface area contributed by atoms with Crippen molar-refractivity contribution in [1.82, 2.24) is 0 Å². The maximum atomic E-state index is 11.8. The van der Waals surface area contributed by atoms with Crippen molar-refractivity contribution >= 4 is 5.78 Å². The Morgan fingerprint density at radius 2 is 1.94 bits per heavy atom. The van der Waals surface area contributed by atoms with Crippen LogP contribution in [0.15, 0.2) is 24.3 Å². The lowest BCUT2D eigenvalue weighted by Crippen LogP contribution is -2.13. The van der Waals surface area contributed by atoms with E-state index in [1.165, 1.54) is 24.8 Å². The van der Waals surface area contributed by atoms with Gasteiger partial charge in [0, 0.05) is 12.7 Å². The molecule has 1 aromatic carbocycles. The molecule has 0 N–H and O–H groups in total. The summed E-state index contributed by atoms with van der Waals surface area (Å²) < 4.78 is 10.1. The van der Waals surface area contributed by atoms with Crippen LogP contribution < -0.4 is 0 Å². The first-order valence-electron chi connectivity index (χ1n) is 6.51. The smallest absolute Gasteiger partial charge is 0.188 e. The van der Waals surface area contributed by atoms with Gasteiger partial charge >= 0.3 is 0 Å². The fourth-order valence-corrected chi connectivity index (χ4v) is 2.07. The zero-order chi connectivity index (χ0) is 12.8. The summed E-state index contributed by atoms with van der Waals surface area (Å²) in [7, 11) is 1.62. The summed E-state index contributed by atoms with van der Waals surface area (Å²) in [5, 5.41) is 0. The molecule has 0 amide bonds. The average Bonchev–Trinajstić information content (AvgIpc) is 2.33. The number of benzene rings is 1. The molecule has 3 nitrogen and oxygen atoms in total. The molecule has 0 saturated heterocycles. The molecule has 1 aliphatic carbocycles. The molecule has 1 aromatic rings. The number of carbonyl (C=O) groups excluding carboxylic acids is 1. The van der Waals surface area contributed by atoms with Gasteiger partial charge in [-0.2, -0.15) is 0 Å². The number of ketones is 1. The van der Waals surface area contributed by atoms with Gasteiger partial charge in [-0.05, 0) is 24.3 Å². The van der Waals surface area contributed by atoms with Crippen molar-refractivity contribution in [2.45, 2.75) is 25.2 Å². The van der Waals surface area contributed by atoms with Crippen LogP contribution in [0.5, 0.6) is 0 Å². The summed E-state index contributed by atoms with van der Waals surface area (Å²) in [6, 6.07) is 7.98. The van der Waals surface area contributed by atoms with Crippen molar-refractivity contribution < 1.29 is 14.3 Å². The maximum Gasteiger partial charge on any atom is 0.188 e. The van der Waals surface area contributed by atoms with Crippen LogP contribution in [-0.2, 0) is 9.47 Å². The summed E-state index contributed by atoms with van der Waals surface area (Å²) in [6.45, 7) is 1.11. The lowest BCUT2D eigenvalue weighted by molar-refractivity contribution is 0.0577. The summed E-state index contributed by atoms with van der Waals surface area (Å²) >= 11 is 0. The Bertz CT molecular complexity index is 379. The van der Waals surface area contributed by atoms with Crippen LogP contribution >= 0.6 is 0 Å². The third kappa shape index (κ3) is 3.40. The molecule has 18 heavy (non-hydrogen) atoms. The van der Waals surface area contributed by atoms with Crippen LogP contribution in [0.2, 0.25) is 0 Å². The number of hydrogen-bond donors (Lipinski definition) is 0. The number of hydrogen-bond acceptors (Lipinski definition) is 3. The molecular formula is C15H20O3. The van der Waals surface area contributed by atoms with Crippen molar-refractivity contribution in [3.8, 4) is 0 Å². The Kier molecular flexibility index (Phi) is 4.90. The van der Waals surface area contributed by atoms with Crippen molar-refractivity contribution in [1.29, 1.82) is 0 Å². The van der Waals surface area contributed by atoms with Crippen LogP contribution in [0.4, 0.5) is 0 Å². The number of ether oxygens (including phenoxy) is 2. The lowest BCUT2D eigenvalue weighted by atomic mass is 9.80. The van der Waals surface area contributed by atoms with Crippen molar-refractivity contribution in [2.24, 2.45) is 0 Å². The highest BCUT2D eigenvalue weighted by molar-refractivity contribution is 5.97. The molecule has 0 heterocycles. The molecule has 0 bridgehead atoms. The number of rotatable bonds is 7. The van der Waals surface area contributed by atoms with Crippen LogP contribution in [-0.4, -0.2) is 32.7 Å². The molecule has 0 unspecified atom stereocenters. The molecule has 0 spiro atoms. The van der Waals surface area contributed by atoms with Gasteiger partial charge in [0.1, 0.15) is 6.61 Å². The van der Waals surface area contributed by atoms with Gasteiger partial charge in [0.25, 0.3) is 0 Å². The van der Waals surface area contributed by atoms with E-state index in [1.54, 1.807) is 7.11 Å². The van der Waals surface area contributed by atoms with Crippen LogP contribution in [0, 0.1) is 0 Å². The summed E-state index contributed by atoms with van der Waals surface area (Å²) in [4.78, 5) is 11.8. The SMILES string of the molecule is COCCOCC(=O)c1ccc(C2CCC2)cc1. The standard InChI is InChI=1S/C15H20O3/c1-17-9-10-18-11-15(16)14-7-5-13(6-8-14)12-3-2-4-12/h5-8,12H,2-4,9-11H2,1H3. The first-order chi connectivity index (χ1) is 8.81. The minimum Gasteiger partial charge on any atom is -0.382 e. The highest BCUT2D eigenvalue weighted by Gasteiger charge is 2.19. The van der Waals surface area contributed by atoms with E-state index < -0.39 is 0 Å². The number of methoxy groups -OCH3 is 1. The molecule has 98 valence electrons. The Labute approximate surface area is 108 Å². The van der Waals surface area contributed by atoms with Crippen LogP contribution in [0.25, 0.3) is 0 Å². The van der Waals surface area contributed by atoms with E-state index in [-0.39, 0.29) is 12.4 Å². The summed E-state index contributed by atoms with van der Waals surface area (Å²) in [5.41, 5.74) is 2.09. The predicted octanol–water partition coefficient (Wildman–Crippen LogP) is 2.80. The van der Waals surface area contributed by atoms with E-state index in [4.69, 9.17) is 9.47 Å². The number of carbonyl (C=O) groups is 1. The number of Topliss-reactive ketones (excluding diaryl/α,β-unsaturated/α-hetero) is 1. The van der Waals surface area contributed by atoms with Gasteiger partial charge in [0.05, 0.1) is 13.2 Å². The highest BCUT2D eigenvalue weighted by Crippen LogP contribution is 2.36. The first-order valence-corrected chi connectivity index (χ1v) is 6.51. The second kappa shape index (κ2) is 6.66. The van der Waals surface area contributed by atoms with E-state index in [2.05, 4.69) is 12.1 Å². The Morgan fingerprint density at radius 1 is 1.22 bits per heavy atom. The molecular weight excluding hydrogens is 228 g/mol. The third-order valence-electron chi connectivity index (χ3n) is 3.47. The summed E-state index contributed by atoms with van der Waals surface area (Å²) in [5.74, 6) is 0.748. The molecule has 1 aliphatic rings. The molecule has 1 saturated carbocycles. The molecule has 1 fully saturated rings. The van der Waals surface area contributed by atoms with E-state index in [0.717, 1.165) is 5.56 Å². The van der Waals surface area contributed by atoms with Gasteiger partial charge in [0.2, 0.25) is 0 Å². The van der Waals surface area contributed by atoms with Gasteiger partial charge in [0.15, 0.2) is 5.78 Å². The highest BCUT2D eigenvalue weighted by atomic mass is 16.5. The molecule has 3 heteroatoms. The normalized spacial score (nSPS) is 15.4. The molecule has 2 rings (SSSR count). The van der Waals surface area contributed by atoms with E-state index in [1.807, 2.05) is 12.1 Å². The summed E-state index contributed by atoms with van der Waals surface area (Å²) in [6.07, 6.45) is 3.90. The van der Waals surface area contributed by atoms with Crippen molar-refractivity contribution in [2.75, 3.05) is 26.9 Å². The topological polar surface area (TPSA) is 35.5 Å². The minimum atomic E-state index is 0.0336.